The van der Waals surface area contributed by atoms with Crippen molar-refractivity contribution in [2.75, 3.05) is 0 Å². The van der Waals surface area contributed by atoms with Gasteiger partial charge >= 0.3 is 6.03 Å². The third-order valence-corrected chi connectivity index (χ3v) is 4.55. The molecule has 9 nitrogen and oxygen atoms in total. The fourth-order valence-corrected chi connectivity index (χ4v) is 3.02. The van der Waals surface area contributed by atoms with Gasteiger partial charge in [0.15, 0.2) is 0 Å². The number of carbonyl (C=O) groups is 2. The first-order valence-electron chi connectivity index (χ1n) is 8.60. The summed E-state index contributed by atoms with van der Waals surface area (Å²) in [5.41, 5.74) is 2.80. The predicted molar refractivity (Wildman–Crippen MR) is 104 cm³/mol. The Morgan fingerprint density at radius 2 is 1.93 bits per heavy atom. The van der Waals surface area contributed by atoms with Crippen LogP contribution in [0.25, 0.3) is 0 Å². The van der Waals surface area contributed by atoms with Gasteiger partial charge in [-0.25, -0.2) is 15.0 Å². The van der Waals surface area contributed by atoms with Gasteiger partial charge in [0, 0.05) is 15.6 Å². The molecule has 0 unspecified atom stereocenters. The van der Waals surface area contributed by atoms with Gasteiger partial charge in [-0.3, -0.25) is 10.0 Å². The number of benzene rings is 1. The molecule has 28 heavy (non-hydrogen) atoms. The lowest BCUT2D eigenvalue weighted by molar-refractivity contribution is -0.131. The van der Waals surface area contributed by atoms with Gasteiger partial charge < -0.3 is 10.6 Å². The van der Waals surface area contributed by atoms with E-state index >= 15 is 0 Å². The zero-order valence-electron chi connectivity index (χ0n) is 15.4. The molecule has 0 bridgehead atoms. The Balaban J connectivity index is 1.91. The number of halogens is 2. The number of nitrogens with one attached hydrogen (secondary N) is 3. The largest absolute Gasteiger partial charge is 0.332 e. The molecule has 152 valence electrons. The van der Waals surface area contributed by atoms with Crippen molar-refractivity contribution in [3.05, 3.63) is 45.7 Å². The van der Waals surface area contributed by atoms with Crippen molar-refractivity contribution >= 4 is 35.1 Å². The number of rotatable bonds is 8. The third kappa shape index (κ3) is 6.36. The summed E-state index contributed by atoms with van der Waals surface area (Å²) in [4.78, 5) is 23.7. The second kappa shape index (κ2) is 10.3. The van der Waals surface area contributed by atoms with E-state index in [9.17, 15) is 9.59 Å². The minimum atomic E-state index is -0.844. The van der Waals surface area contributed by atoms with Crippen LogP contribution >= 0.6 is 23.2 Å². The van der Waals surface area contributed by atoms with Gasteiger partial charge in [0.1, 0.15) is 11.7 Å². The van der Waals surface area contributed by atoms with Gasteiger partial charge in [0.25, 0.3) is 5.91 Å². The lowest BCUT2D eigenvalue weighted by atomic mass is 10.0. The van der Waals surface area contributed by atoms with Crippen LogP contribution in [-0.2, 0) is 17.9 Å². The zero-order valence-corrected chi connectivity index (χ0v) is 17.0. The van der Waals surface area contributed by atoms with Gasteiger partial charge in [0.05, 0.1) is 19.3 Å². The fraction of sp³-hybridized carbons (Fsp3) is 0.412. The molecule has 0 saturated heterocycles. The number of amides is 3. The molecule has 0 spiro atoms. The van der Waals surface area contributed by atoms with Crippen LogP contribution in [0.15, 0.2) is 24.4 Å². The van der Waals surface area contributed by atoms with Gasteiger partial charge in [-0.05, 0) is 24.5 Å². The van der Waals surface area contributed by atoms with Crippen molar-refractivity contribution in [1.29, 1.82) is 0 Å². The number of urea groups is 1. The van der Waals surface area contributed by atoms with E-state index in [0.717, 1.165) is 5.56 Å². The van der Waals surface area contributed by atoms with E-state index in [4.69, 9.17) is 28.4 Å². The van der Waals surface area contributed by atoms with Crippen LogP contribution < -0.4 is 16.1 Å². The second-order valence-corrected chi connectivity index (χ2v) is 7.41. The molecule has 0 aliphatic rings. The molecular formula is C17H22Cl2N6O3. The van der Waals surface area contributed by atoms with E-state index in [0.29, 0.717) is 28.7 Å². The number of hydroxylamine groups is 1. The highest BCUT2D eigenvalue weighted by Crippen LogP contribution is 2.24. The van der Waals surface area contributed by atoms with E-state index < -0.39 is 18.0 Å². The summed E-state index contributed by atoms with van der Waals surface area (Å²) >= 11 is 12.3. The molecule has 0 aliphatic heterocycles. The Kier molecular flexibility index (Phi) is 8.04. The first kappa shape index (κ1) is 21.9. The summed E-state index contributed by atoms with van der Waals surface area (Å²) in [6.45, 7) is 4.25. The summed E-state index contributed by atoms with van der Waals surface area (Å²) in [5, 5.41) is 22.9. The van der Waals surface area contributed by atoms with Crippen molar-refractivity contribution in [3.63, 3.8) is 0 Å². The number of nitrogens with zero attached hydrogens (tertiary/aromatic N) is 3. The number of hydrogen-bond donors (Lipinski definition) is 4. The lowest BCUT2D eigenvalue weighted by Gasteiger charge is -2.18. The maximum Gasteiger partial charge on any atom is 0.315 e. The molecule has 1 aromatic heterocycles. The number of hydrogen-bond acceptors (Lipinski definition) is 5. The van der Waals surface area contributed by atoms with E-state index in [1.807, 2.05) is 13.8 Å². The maximum atomic E-state index is 12.0. The molecular weight excluding hydrogens is 407 g/mol. The first-order valence-corrected chi connectivity index (χ1v) is 9.36. The molecule has 1 heterocycles. The van der Waals surface area contributed by atoms with E-state index in [1.54, 1.807) is 34.6 Å². The Hall–Kier alpha value is -2.36. The Morgan fingerprint density at radius 3 is 2.54 bits per heavy atom. The fourth-order valence-electron chi connectivity index (χ4n) is 2.50. The molecule has 1 aromatic carbocycles. The van der Waals surface area contributed by atoms with Crippen molar-refractivity contribution in [3.8, 4) is 0 Å². The smallest absolute Gasteiger partial charge is 0.315 e. The molecule has 3 amide bonds. The zero-order chi connectivity index (χ0) is 20.7. The summed E-state index contributed by atoms with van der Waals surface area (Å²) in [7, 11) is 0. The Morgan fingerprint density at radius 1 is 1.25 bits per heavy atom. The average molecular weight is 429 g/mol. The van der Waals surface area contributed by atoms with Crippen LogP contribution in [0, 0.1) is 5.92 Å². The molecule has 2 aromatic rings. The number of carbonyl (C=O) groups excluding carboxylic acids is 2. The SMILES string of the molecule is CC(C)C[C@H](NC(=O)NCc1cn(Cc2c(Cl)cccc2Cl)nn1)C(=O)NO. The Bertz CT molecular complexity index is 807. The molecule has 0 fully saturated rings. The highest BCUT2D eigenvalue weighted by Gasteiger charge is 2.21. The predicted octanol–water partition coefficient (Wildman–Crippen LogP) is 2.35. The van der Waals surface area contributed by atoms with Crippen molar-refractivity contribution in [2.45, 2.75) is 39.4 Å². The van der Waals surface area contributed by atoms with Crippen molar-refractivity contribution in [2.24, 2.45) is 5.92 Å². The van der Waals surface area contributed by atoms with E-state index in [2.05, 4.69) is 20.9 Å². The monoisotopic (exact) mass is 428 g/mol. The molecule has 0 saturated carbocycles. The quantitative estimate of drug-likeness (QED) is 0.379. The minimum absolute atomic E-state index is 0.108. The van der Waals surface area contributed by atoms with Crippen LogP contribution in [0.1, 0.15) is 31.5 Å². The van der Waals surface area contributed by atoms with E-state index in [1.165, 1.54) is 0 Å². The molecule has 1 atom stereocenters. The lowest BCUT2D eigenvalue weighted by Crippen LogP contribution is -2.49. The molecule has 11 heteroatoms. The van der Waals surface area contributed by atoms with Gasteiger partial charge in [0.2, 0.25) is 0 Å². The van der Waals surface area contributed by atoms with Crippen molar-refractivity contribution < 1.29 is 14.8 Å². The van der Waals surface area contributed by atoms with Crippen molar-refractivity contribution in [1.82, 2.24) is 31.1 Å². The van der Waals surface area contributed by atoms with Gasteiger partial charge in [-0.2, -0.15) is 0 Å². The summed E-state index contributed by atoms with van der Waals surface area (Å²) in [6.07, 6.45) is 2.04. The maximum absolute atomic E-state index is 12.0. The molecule has 0 radical (unpaired) electrons. The third-order valence-electron chi connectivity index (χ3n) is 3.84. The molecule has 2 rings (SSSR count). The minimum Gasteiger partial charge on any atom is -0.332 e. The van der Waals surface area contributed by atoms with Crippen LogP contribution in [-0.4, -0.2) is 38.2 Å². The van der Waals surface area contributed by atoms with Crippen LogP contribution in [0.2, 0.25) is 10.0 Å². The first-order chi connectivity index (χ1) is 13.3. The van der Waals surface area contributed by atoms with E-state index in [-0.39, 0.29) is 12.5 Å². The average Bonchev–Trinajstić information content (AvgIpc) is 3.09. The van der Waals surface area contributed by atoms with Crippen LogP contribution in [0.4, 0.5) is 4.79 Å². The summed E-state index contributed by atoms with van der Waals surface area (Å²) < 4.78 is 1.56. The number of aromatic nitrogens is 3. The summed E-state index contributed by atoms with van der Waals surface area (Å²) in [6, 6.07) is 3.83. The molecule has 0 aliphatic carbocycles. The standard InChI is InChI=1S/C17H22Cl2N6O3/c1-10(2)6-15(16(26)23-28)21-17(27)20-7-11-8-25(24-22-11)9-12-13(18)4-3-5-14(12)19/h3-5,8,10,15,28H,6-7,9H2,1-2H3,(H,23,26)(H2,20,21,27)/t15-/m0/s1. The summed E-state index contributed by atoms with van der Waals surface area (Å²) in [5.74, 6) is -0.523. The Labute approximate surface area is 172 Å². The second-order valence-electron chi connectivity index (χ2n) is 6.59. The van der Waals surface area contributed by atoms with Crippen LogP contribution in [0.3, 0.4) is 0 Å². The normalized spacial score (nSPS) is 11.9. The van der Waals surface area contributed by atoms with Gasteiger partial charge in [-0.1, -0.05) is 48.3 Å². The topological polar surface area (TPSA) is 121 Å². The highest BCUT2D eigenvalue weighted by atomic mass is 35.5. The van der Waals surface area contributed by atoms with Gasteiger partial charge in [-0.15, -0.1) is 5.10 Å². The molecule has 4 N–H and O–H groups in total. The highest BCUT2D eigenvalue weighted by molar-refractivity contribution is 6.35. The van der Waals surface area contributed by atoms with Crippen LogP contribution in [0.5, 0.6) is 0 Å².